The van der Waals surface area contributed by atoms with Crippen molar-refractivity contribution in [1.82, 2.24) is 0 Å². The zero-order chi connectivity index (χ0) is 9.90. The summed E-state index contributed by atoms with van der Waals surface area (Å²) in [5.41, 5.74) is 12.8. The van der Waals surface area contributed by atoms with Crippen LogP contribution in [0.15, 0.2) is 30.3 Å². The Balaban J connectivity index is 0.00000169. The molecule has 0 bridgehead atoms. The van der Waals surface area contributed by atoms with Crippen molar-refractivity contribution >= 4 is 12.4 Å². The minimum atomic E-state index is -0.310. The van der Waals surface area contributed by atoms with Crippen molar-refractivity contribution < 1.29 is 0 Å². The second kappa shape index (κ2) is 5.35. The van der Waals surface area contributed by atoms with Gasteiger partial charge in [0.1, 0.15) is 0 Å². The molecule has 1 rings (SSSR count). The summed E-state index contributed by atoms with van der Waals surface area (Å²) in [7, 11) is 0. The van der Waals surface area contributed by atoms with E-state index in [0.29, 0.717) is 0 Å². The van der Waals surface area contributed by atoms with Crippen molar-refractivity contribution in [2.45, 2.75) is 31.8 Å². The number of hydrogen-bond acceptors (Lipinski definition) is 2. The number of hydrogen-bond donors (Lipinski definition) is 2. The zero-order valence-corrected chi connectivity index (χ0v) is 9.55. The van der Waals surface area contributed by atoms with Crippen LogP contribution in [0.2, 0.25) is 0 Å². The molecule has 0 heterocycles. The SMILES string of the molecule is CC(C)(N)C(N)Cc1ccccc1.Cl. The molecule has 0 aromatic heterocycles. The van der Waals surface area contributed by atoms with Crippen LogP contribution in [0.3, 0.4) is 0 Å². The molecule has 2 nitrogen and oxygen atoms in total. The average Bonchev–Trinajstić information content (AvgIpc) is 2.04. The van der Waals surface area contributed by atoms with Crippen LogP contribution in [0.1, 0.15) is 19.4 Å². The number of nitrogens with two attached hydrogens (primary N) is 2. The van der Waals surface area contributed by atoms with Crippen molar-refractivity contribution in [1.29, 1.82) is 0 Å². The van der Waals surface area contributed by atoms with Crippen LogP contribution in [0.4, 0.5) is 0 Å². The second-order valence-corrected chi connectivity index (χ2v) is 4.12. The first-order valence-electron chi connectivity index (χ1n) is 4.58. The molecule has 1 unspecified atom stereocenters. The summed E-state index contributed by atoms with van der Waals surface area (Å²) in [5.74, 6) is 0. The van der Waals surface area contributed by atoms with E-state index in [4.69, 9.17) is 11.5 Å². The highest BCUT2D eigenvalue weighted by molar-refractivity contribution is 5.85. The molecule has 1 aromatic carbocycles. The van der Waals surface area contributed by atoms with Gasteiger partial charge >= 0.3 is 0 Å². The van der Waals surface area contributed by atoms with Gasteiger partial charge in [0, 0.05) is 11.6 Å². The maximum Gasteiger partial charge on any atom is 0.0256 e. The lowest BCUT2D eigenvalue weighted by Gasteiger charge is -2.26. The summed E-state index contributed by atoms with van der Waals surface area (Å²) in [6, 6.07) is 10.2. The average molecular weight is 215 g/mol. The molecule has 0 spiro atoms. The fourth-order valence-corrected chi connectivity index (χ4v) is 1.13. The summed E-state index contributed by atoms with van der Waals surface area (Å²) >= 11 is 0. The predicted octanol–water partition coefficient (Wildman–Crippen LogP) is 1.72. The first-order valence-corrected chi connectivity index (χ1v) is 4.58. The highest BCUT2D eigenvalue weighted by atomic mass is 35.5. The fraction of sp³-hybridized carbons (Fsp3) is 0.455. The Hall–Kier alpha value is -0.570. The van der Waals surface area contributed by atoms with Gasteiger partial charge in [-0.25, -0.2) is 0 Å². The summed E-state index contributed by atoms with van der Waals surface area (Å²) in [6.45, 7) is 3.92. The minimum absolute atomic E-state index is 0. The van der Waals surface area contributed by atoms with Crippen molar-refractivity contribution in [3.8, 4) is 0 Å². The molecule has 0 saturated heterocycles. The van der Waals surface area contributed by atoms with Gasteiger partial charge in [0.05, 0.1) is 0 Å². The molecule has 4 N–H and O–H groups in total. The molecule has 0 aliphatic rings. The van der Waals surface area contributed by atoms with Crippen LogP contribution in [0.25, 0.3) is 0 Å². The Bertz CT molecular complexity index is 254. The maximum atomic E-state index is 5.96. The minimum Gasteiger partial charge on any atom is -0.326 e. The monoisotopic (exact) mass is 214 g/mol. The smallest absolute Gasteiger partial charge is 0.0256 e. The molecule has 0 aliphatic carbocycles. The topological polar surface area (TPSA) is 52.0 Å². The normalized spacial score (nSPS) is 13.1. The van der Waals surface area contributed by atoms with Crippen LogP contribution in [0.5, 0.6) is 0 Å². The lowest BCUT2D eigenvalue weighted by Crippen LogP contribution is -2.51. The Morgan fingerprint density at radius 1 is 1.21 bits per heavy atom. The van der Waals surface area contributed by atoms with Crippen LogP contribution >= 0.6 is 12.4 Å². The van der Waals surface area contributed by atoms with E-state index in [1.165, 1.54) is 5.56 Å². The summed E-state index contributed by atoms with van der Waals surface area (Å²) < 4.78 is 0. The summed E-state index contributed by atoms with van der Waals surface area (Å²) in [6.07, 6.45) is 0.838. The Kier molecular flexibility index (Phi) is 5.13. The Morgan fingerprint density at radius 3 is 2.14 bits per heavy atom. The zero-order valence-electron chi connectivity index (χ0n) is 8.73. The standard InChI is InChI=1S/C11H18N2.ClH/c1-11(2,13)10(12)8-9-6-4-3-5-7-9;/h3-7,10H,8,12-13H2,1-2H3;1H. The molecule has 3 heteroatoms. The molecule has 1 aromatic rings. The second-order valence-electron chi connectivity index (χ2n) is 4.12. The van der Waals surface area contributed by atoms with E-state index in [-0.39, 0.29) is 24.0 Å². The van der Waals surface area contributed by atoms with Gasteiger partial charge in [-0.3, -0.25) is 0 Å². The van der Waals surface area contributed by atoms with Gasteiger partial charge in [0.2, 0.25) is 0 Å². The van der Waals surface area contributed by atoms with Crippen LogP contribution in [-0.4, -0.2) is 11.6 Å². The van der Waals surface area contributed by atoms with Crippen molar-refractivity contribution in [3.05, 3.63) is 35.9 Å². The Labute approximate surface area is 92.1 Å². The molecule has 14 heavy (non-hydrogen) atoms. The van der Waals surface area contributed by atoms with Crippen LogP contribution < -0.4 is 11.5 Å². The van der Waals surface area contributed by atoms with Crippen LogP contribution in [0, 0.1) is 0 Å². The molecule has 0 saturated carbocycles. The number of benzene rings is 1. The quantitative estimate of drug-likeness (QED) is 0.805. The van der Waals surface area contributed by atoms with E-state index in [0.717, 1.165) is 6.42 Å². The van der Waals surface area contributed by atoms with E-state index in [2.05, 4.69) is 12.1 Å². The summed E-state index contributed by atoms with van der Waals surface area (Å²) in [4.78, 5) is 0. The summed E-state index contributed by atoms with van der Waals surface area (Å²) in [5, 5.41) is 0. The molecule has 0 aliphatic heterocycles. The highest BCUT2D eigenvalue weighted by Gasteiger charge is 2.20. The predicted molar refractivity (Wildman–Crippen MR) is 63.6 cm³/mol. The van der Waals surface area contributed by atoms with E-state index >= 15 is 0 Å². The van der Waals surface area contributed by atoms with Crippen molar-refractivity contribution in [2.75, 3.05) is 0 Å². The lowest BCUT2D eigenvalue weighted by molar-refractivity contribution is 0.406. The third-order valence-electron chi connectivity index (χ3n) is 2.25. The van der Waals surface area contributed by atoms with Crippen LogP contribution in [-0.2, 0) is 6.42 Å². The van der Waals surface area contributed by atoms with Gasteiger partial charge < -0.3 is 11.5 Å². The van der Waals surface area contributed by atoms with Crippen molar-refractivity contribution in [3.63, 3.8) is 0 Å². The highest BCUT2D eigenvalue weighted by Crippen LogP contribution is 2.09. The van der Waals surface area contributed by atoms with Gasteiger partial charge in [0.25, 0.3) is 0 Å². The van der Waals surface area contributed by atoms with Gasteiger partial charge in [0.15, 0.2) is 0 Å². The van der Waals surface area contributed by atoms with E-state index in [1.807, 2.05) is 32.0 Å². The number of halogens is 1. The van der Waals surface area contributed by atoms with Crippen molar-refractivity contribution in [2.24, 2.45) is 11.5 Å². The van der Waals surface area contributed by atoms with Gasteiger partial charge in [-0.15, -0.1) is 12.4 Å². The maximum absolute atomic E-state index is 5.96. The number of rotatable bonds is 3. The lowest BCUT2D eigenvalue weighted by atomic mass is 9.91. The third kappa shape index (κ3) is 4.09. The van der Waals surface area contributed by atoms with Gasteiger partial charge in [-0.05, 0) is 25.8 Å². The molecular formula is C11H19ClN2. The molecular weight excluding hydrogens is 196 g/mol. The molecule has 80 valence electrons. The van der Waals surface area contributed by atoms with E-state index in [9.17, 15) is 0 Å². The van der Waals surface area contributed by atoms with Gasteiger partial charge in [-0.2, -0.15) is 0 Å². The molecule has 0 fully saturated rings. The van der Waals surface area contributed by atoms with E-state index < -0.39 is 0 Å². The third-order valence-corrected chi connectivity index (χ3v) is 2.25. The molecule has 0 amide bonds. The molecule has 0 radical (unpaired) electrons. The first kappa shape index (κ1) is 13.4. The molecule has 1 atom stereocenters. The van der Waals surface area contributed by atoms with E-state index in [1.54, 1.807) is 0 Å². The largest absolute Gasteiger partial charge is 0.326 e. The first-order chi connectivity index (χ1) is 6.00. The fourth-order valence-electron chi connectivity index (χ4n) is 1.13. The van der Waals surface area contributed by atoms with Gasteiger partial charge in [-0.1, -0.05) is 30.3 Å². The Morgan fingerprint density at radius 2 is 1.71 bits per heavy atom.